The first kappa shape index (κ1) is 17.8. The van der Waals surface area contributed by atoms with Crippen LogP contribution in [-0.2, 0) is 4.79 Å². The van der Waals surface area contributed by atoms with Crippen molar-refractivity contribution in [1.29, 1.82) is 0 Å². The van der Waals surface area contributed by atoms with Crippen molar-refractivity contribution in [2.24, 2.45) is 5.92 Å². The van der Waals surface area contributed by atoms with Crippen LogP contribution in [0.4, 0.5) is 8.78 Å². The first-order chi connectivity index (χ1) is 12.0. The van der Waals surface area contributed by atoms with Crippen molar-refractivity contribution >= 4 is 11.8 Å². The summed E-state index contributed by atoms with van der Waals surface area (Å²) in [5.74, 6) is -1.74. The van der Waals surface area contributed by atoms with Crippen molar-refractivity contribution in [3.63, 3.8) is 0 Å². The summed E-state index contributed by atoms with van der Waals surface area (Å²) in [5, 5.41) is 0. The maximum atomic E-state index is 13.3. The van der Waals surface area contributed by atoms with Gasteiger partial charge in [0, 0.05) is 43.7 Å². The zero-order valence-corrected chi connectivity index (χ0v) is 14.3. The smallest absolute Gasteiger partial charge is 0.254 e. The Bertz CT molecular complexity index is 614. The minimum Gasteiger partial charge on any atom is -0.342 e. The maximum Gasteiger partial charge on any atom is 0.254 e. The highest BCUT2D eigenvalue weighted by molar-refractivity contribution is 5.94. The largest absolute Gasteiger partial charge is 0.342 e. The fourth-order valence-electron chi connectivity index (χ4n) is 3.74. The van der Waals surface area contributed by atoms with Crippen molar-refractivity contribution in [2.45, 2.75) is 38.5 Å². The Balaban J connectivity index is 1.57. The highest BCUT2D eigenvalue weighted by atomic mass is 19.1. The molecule has 0 aromatic heterocycles. The predicted molar refractivity (Wildman–Crippen MR) is 90.0 cm³/mol. The molecule has 0 spiro atoms. The lowest BCUT2D eigenvalue weighted by Crippen LogP contribution is -2.44. The first-order valence-electron chi connectivity index (χ1n) is 9.09. The highest BCUT2D eigenvalue weighted by Crippen LogP contribution is 2.23. The molecule has 0 bridgehead atoms. The Kier molecular flexibility index (Phi) is 5.66. The third kappa shape index (κ3) is 4.35. The topological polar surface area (TPSA) is 40.6 Å². The number of carbonyl (C=O) groups is 2. The number of rotatable bonds is 2. The van der Waals surface area contributed by atoms with Gasteiger partial charge in [0.15, 0.2) is 0 Å². The van der Waals surface area contributed by atoms with Crippen LogP contribution in [0.1, 0.15) is 48.9 Å². The Morgan fingerprint density at radius 3 is 1.92 bits per heavy atom. The number of piperidine rings is 1. The summed E-state index contributed by atoms with van der Waals surface area (Å²) in [6.07, 6.45) is 5.71. The van der Waals surface area contributed by atoms with E-state index in [0.29, 0.717) is 25.9 Å². The molecule has 3 rings (SSSR count). The van der Waals surface area contributed by atoms with Gasteiger partial charge in [0.2, 0.25) is 5.91 Å². The van der Waals surface area contributed by atoms with Gasteiger partial charge in [-0.1, -0.05) is 12.8 Å². The molecule has 2 fully saturated rings. The summed E-state index contributed by atoms with van der Waals surface area (Å²) in [6.45, 7) is 2.56. The Hall–Kier alpha value is -1.98. The molecule has 0 atom stereocenters. The summed E-state index contributed by atoms with van der Waals surface area (Å²) in [5.41, 5.74) is 0.0230. The van der Waals surface area contributed by atoms with Crippen molar-refractivity contribution in [3.05, 3.63) is 35.4 Å². The van der Waals surface area contributed by atoms with Gasteiger partial charge in [-0.2, -0.15) is 0 Å². The van der Waals surface area contributed by atoms with Crippen LogP contribution in [0.3, 0.4) is 0 Å². The minimum absolute atomic E-state index is 0.0230. The average molecular weight is 350 g/mol. The molecular formula is C19H24F2N2O2. The van der Waals surface area contributed by atoms with E-state index in [0.717, 1.165) is 44.1 Å². The van der Waals surface area contributed by atoms with Gasteiger partial charge in [0.1, 0.15) is 11.6 Å². The number of halogens is 2. The third-order valence-corrected chi connectivity index (χ3v) is 5.16. The van der Waals surface area contributed by atoms with Crippen LogP contribution in [0.2, 0.25) is 0 Å². The van der Waals surface area contributed by atoms with Crippen LogP contribution >= 0.6 is 0 Å². The molecule has 0 radical (unpaired) electrons. The number of amides is 2. The molecule has 2 aliphatic heterocycles. The Morgan fingerprint density at radius 1 is 0.800 bits per heavy atom. The molecule has 0 aliphatic carbocycles. The van der Waals surface area contributed by atoms with E-state index in [2.05, 4.69) is 0 Å². The van der Waals surface area contributed by atoms with E-state index >= 15 is 0 Å². The van der Waals surface area contributed by atoms with Crippen LogP contribution in [0.25, 0.3) is 0 Å². The van der Waals surface area contributed by atoms with E-state index in [-0.39, 0.29) is 23.3 Å². The molecule has 2 amide bonds. The van der Waals surface area contributed by atoms with Gasteiger partial charge in [0.25, 0.3) is 5.91 Å². The third-order valence-electron chi connectivity index (χ3n) is 5.16. The van der Waals surface area contributed by atoms with Crippen molar-refractivity contribution in [2.75, 3.05) is 26.2 Å². The highest BCUT2D eigenvalue weighted by Gasteiger charge is 2.30. The fourth-order valence-corrected chi connectivity index (χ4v) is 3.74. The molecule has 2 heterocycles. The molecule has 0 N–H and O–H groups in total. The van der Waals surface area contributed by atoms with Crippen LogP contribution in [0.15, 0.2) is 18.2 Å². The molecular weight excluding hydrogens is 326 g/mol. The van der Waals surface area contributed by atoms with E-state index < -0.39 is 11.6 Å². The van der Waals surface area contributed by atoms with Crippen molar-refractivity contribution in [3.8, 4) is 0 Å². The Labute approximate surface area is 146 Å². The fraction of sp³-hybridized carbons (Fsp3) is 0.579. The predicted octanol–water partition coefficient (Wildman–Crippen LogP) is 3.22. The number of nitrogens with zero attached hydrogens (tertiary/aromatic N) is 2. The van der Waals surface area contributed by atoms with Gasteiger partial charge in [-0.3, -0.25) is 9.59 Å². The second kappa shape index (κ2) is 7.93. The molecule has 1 aromatic rings. The molecule has 2 saturated heterocycles. The zero-order valence-electron chi connectivity index (χ0n) is 14.3. The van der Waals surface area contributed by atoms with Gasteiger partial charge in [-0.25, -0.2) is 8.78 Å². The molecule has 25 heavy (non-hydrogen) atoms. The standard InChI is InChI=1S/C19H24F2N2O2/c20-16-11-15(12-17(21)13-16)19(25)23-9-5-14(6-10-23)18(24)22-7-3-1-2-4-8-22/h11-14H,1-10H2. The number of carbonyl (C=O) groups excluding carboxylic acids is 2. The molecule has 1 aromatic carbocycles. The molecule has 2 aliphatic rings. The zero-order chi connectivity index (χ0) is 17.8. The van der Waals surface area contributed by atoms with Crippen molar-refractivity contribution < 1.29 is 18.4 Å². The quantitative estimate of drug-likeness (QED) is 0.822. The van der Waals surface area contributed by atoms with Crippen LogP contribution in [-0.4, -0.2) is 47.8 Å². The van der Waals surface area contributed by atoms with Crippen LogP contribution in [0.5, 0.6) is 0 Å². The SMILES string of the molecule is O=C(c1cc(F)cc(F)c1)N1CCC(C(=O)N2CCCCCC2)CC1. The summed E-state index contributed by atoms with van der Waals surface area (Å²) in [6, 6.07) is 2.86. The Morgan fingerprint density at radius 2 is 1.36 bits per heavy atom. The second-order valence-electron chi connectivity index (χ2n) is 6.96. The number of hydrogen-bond donors (Lipinski definition) is 0. The summed E-state index contributed by atoms with van der Waals surface area (Å²) in [7, 11) is 0. The molecule has 0 saturated carbocycles. The van der Waals surface area contributed by atoms with Gasteiger partial charge in [-0.15, -0.1) is 0 Å². The number of likely N-dealkylation sites (tertiary alicyclic amines) is 2. The van der Waals surface area contributed by atoms with E-state index in [9.17, 15) is 18.4 Å². The average Bonchev–Trinajstić information content (AvgIpc) is 2.89. The van der Waals surface area contributed by atoms with Gasteiger partial charge in [-0.05, 0) is 37.8 Å². The second-order valence-corrected chi connectivity index (χ2v) is 6.96. The van der Waals surface area contributed by atoms with E-state index in [1.165, 1.54) is 12.8 Å². The summed E-state index contributed by atoms with van der Waals surface area (Å²) < 4.78 is 26.6. The maximum absolute atomic E-state index is 13.3. The van der Waals surface area contributed by atoms with Crippen LogP contribution < -0.4 is 0 Å². The molecule has 6 heteroatoms. The number of benzene rings is 1. The lowest BCUT2D eigenvalue weighted by Gasteiger charge is -2.34. The summed E-state index contributed by atoms with van der Waals surface area (Å²) in [4.78, 5) is 28.6. The summed E-state index contributed by atoms with van der Waals surface area (Å²) >= 11 is 0. The number of hydrogen-bond acceptors (Lipinski definition) is 2. The van der Waals surface area contributed by atoms with Gasteiger partial charge >= 0.3 is 0 Å². The van der Waals surface area contributed by atoms with Gasteiger partial charge < -0.3 is 9.80 Å². The monoisotopic (exact) mass is 350 g/mol. The van der Waals surface area contributed by atoms with Crippen LogP contribution in [0, 0.1) is 17.6 Å². The lowest BCUT2D eigenvalue weighted by molar-refractivity contribution is -0.136. The first-order valence-corrected chi connectivity index (χ1v) is 9.09. The molecule has 0 unspecified atom stereocenters. The van der Waals surface area contributed by atoms with Crippen molar-refractivity contribution in [1.82, 2.24) is 9.80 Å². The van der Waals surface area contributed by atoms with Gasteiger partial charge in [0.05, 0.1) is 0 Å². The molecule has 136 valence electrons. The van der Waals surface area contributed by atoms with E-state index in [1.807, 2.05) is 4.90 Å². The molecule has 4 nitrogen and oxygen atoms in total. The normalized spacial score (nSPS) is 19.6. The lowest BCUT2D eigenvalue weighted by atomic mass is 9.94. The van der Waals surface area contributed by atoms with E-state index in [4.69, 9.17) is 0 Å². The minimum atomic E-state index is -0.755. The van der Waals surface area contributed by atoms with E-state index in [1.54, 1.807) is 4.90 Å².